The molecule has 0 fully saturated rings. The Balaban J connectivity index is 2.36. The maximum absolute atomic E-state index is 8.86. The van der Waals surface area contributed by atoms with Crippen LogP contribution in [0.1, 0.15) is 6.92 Å². The number of anilines is 1. The highest BCUT2D eigenvalue weighted by atomic mass is 16.5. The second-order valence-corrected chi connectivity index (χ2v) is 4.08. The van der Waals surface area contributed by atoms with Gasteiger partial charge in [0.25, 0.3) is 0 Å². The van der Waals surface area contributed by atoms with E-state index in [1.807, 2.05) is 13.0 Å². The van der Waals surface area contributed by atoms with Crippen LogP contribution in [-0.2, 0) is 0 Å². The van der Waals surface area contributed by atoms with Gasteiger partial charge in [-0.2, -0.15) is 10.4 Å². The summed E-state index contributed by atoms with van der Waals surface area (Å²) in [6, 6.07) is 7.09. The topological polar surface area (TPSA) is 138 Å². The Bertz CT molecular complexity index is 729. The molecule has 1 heterocycles. The summed E-state index contributed by atoms with van der Waals surface area (Å²) in [6.07, 6.45) is 3.11. The van der Waals surface area contributed by atoms with Gasteiger partial charge in [0.05, 0.1) is 12.3 Å². The molecule has 0 amide bonds. The average molecular weight is 298 g/mol. The second-order valence-electron chi connectivity index (χ2n) is 4.08. The standard InChI is InChI=1S/C13H14N8O/c1-2-22-12-4-3-9(21-7-17-18-8-21)5-10(12)19-20-11(6-14)13(15)16/h3-5,7-8,19H,2H2,1H3,(H3,15,16)/b20-11+. The van der Waals surface area contributed by atoms with E-state index in [4.69, 9.17) is 21.1 Å². The summed E-state index contributed by atoms with van der Waals surface area (Å²) < 4.78 is 7.20. The van der Waals surface area contributed by atoms with E-state index in [0.717, 1.165) is 5.69 Å². The molecule has 0 unspecified atom stereocenters. The largest absolute Gasteiger partial charge is 0.492 e. The van der Waals surface area contributed by atoms with E-state index in [2.05, 4.69) is 20.7 Å². The van der Waals surface area contributed by atoms with Crippen LogP contribution >= 0.6 is 0 Å². The number of nitrogens with two attached hydrogens (primary N) is 1. The zero-order chi connectivity index (χ0) is 15.9. The molecule has 1 aromatic heterocycles. The Morgan fingerprint density at radius 1 is 1.50 bits per heavy atom. The molecule has 2 rings (SSSR count). The molecule has 0 atom stereocenters. The lowest BCUT2D eigenvalue weighted by Crippen LogP contribution is -2.22. The average Bonchev–Trinajstić information content (AvgIpc) is 3.03. The maximum atomic E-state index is 8.86. The molecule has 9 heteroatoms. The number of aromatic nitrogens is 3. The molecule has 0 aliphatic carbocycles. The molecule has 0 bridgehead atoms. The van der Waals surface area contributed by atoms with Gasteiger partial charge in [-0.1, -0.05) is 0 Å². The fourth-order valence-electron chi connectivity index (χ4n) is 1.64. The highest BCUT2D eigenvalue weighted by Gasteiger charge is 2.07. The maximum Gasteiger partial charge on any atom is 0.201 e. The zero-order valence-corrected chi connectivity index (χ0v) is 11.8. The van der Waals surface area contributed by atoms with Gasteiger partial charge in [0.15, 0.2) is 5.84 Å². The number of nitriles is 1. The van der Waals surface area contributed by atoms with Crippen molar-refractivity contribution in [3.63, 3.8) is 0 Å². The predicted octanol–water partition coefficient (Wildman–Crippen LogP) is 0.893. The molecule has 1 aromatic carbocycles. The molecule has 0 saturated heterocycles. The fourth-order valence-corrected chi connectivity index (χ4v) is 1.64. The quantitative estimate of drug-likeness (QED) is 0.411. The summed E-state index contributed by atoms with van der Waals surface area (Å²) in [4.78, 5) is 0. The molecule has 0 aliphatic rings. The van der Waals surface area contributed by atoms with Crippen molar-refractivity contribution in [2.45, 2.75) is 6.92 Å². The van der Waals surface area contributed by atoms with Crippen LogP contribution in [0.4, 0.5) is 5.69 Å². The minimum atomic E-state index is -0.414. The van der Waals surface area contributed by atoms with Gasteiger partial charge < -0.3 is 10.5 Å². The minimum absolute atomic E-state index is 0.211. The van der Waals surface area contributed by atoms with Gasteiger partial charge in [0, 0.05) is 0 Å². The van der Waals surface area contributed by atoms with Crippen molar-refractivity contribution in [2.24, 2.45) is 10.8 Å². The summed E-state index contributed by atoms with van der Waals surface area (Å²) in [5.74, 6) is 0.145. The van der Waals surface area contributed by atoms with Crippen LogP contribution in [0.3, 0.4) is 0 Å². The van der Waals surface area contributed by atoms with Crippen LogP contribution in [-0.4, -0.2) is 32.9 Å². The third-order valence-corrected chi connectivity index (χ3v) is 2.63. The van der Waals surface area contributed by atoms with Crippen molar-refractivity contribution in [3.8, 4) is 17.5 Å². The Kier molecular flexibility index (Phi) is 4.66. The van der Waals surface area contributed by atoms with Crippen molar-refractivity contribution in [2.75, 3.05) is 12.0 Å². The summed E-state index contributed by atoms with van der Waals surface area (Å²) in [6.45, 7) is 2.33. The number of nitrogens with zero attached hydrogens (tertiary/aromatic N) is 5. The monoisotopic (exact) mass is 298 g/mol. The van der Waals surface area contributed by atoms with Crippen molar-refractivity contribution in [1.82, 2.24) is 14.8 Å². The lowest BCUT2D eigenvalue weighted by atomic mass is 10.2. The van der Waals surface area contributed by atoms with Gasteiger partial charge in [-0.25, -0.2) is 0 Å². The first-order valence-corrected chi connectivity index (χ1v) is 6.35. The van der Waals surface area contributed by atoms with E-state index in [9.17, 15) is 0 Å². The first kappa shape index (κ1) is 15.0. The van der Waals surface area contributed by atoms with Crippen LogP contribution in [0.25, 0.3) is 5.69 Å². The molecule has 0 radical (unpaired) electrons. The Morgan fingerprint density at radius 3 is 2.82 bits per heavy atom. The molecule has 0 aliphatic heterocycles. The smallest absolute Gasteiger partial charge is 0.201 e. The van der Waals surface area contributed by atoms with E-state index in [1.54, 1.807) is 35.4 Å². The summed E-state index contributed by atoms with van der Waals surface area (Å²) in [5, 5.41) is 27.4. The van der Waals surface area contributed by atoms with Crippen molar-refractivity contribution < 1.29 is 4.74 Å². The Labute approximate surface area is 126 Å². The van der Waals surface area contributed by atoms with E-state index in [1.165, 1.54) is 0 Å². The number of benzene rings is 1. The fraction of sp³-hybridized carbons (Fsp3) is 0.154. The Hall–Kier alpha value is -3.41. The molecule has 0 saturated carbocycles. The molecule has 112 valence electrons. The number of ether oxygens (including phenoxy) is 1. The summed E-state index contributed by atoms with van der Waals surface area (Å²) in [7, 11) is 0. The van der Waals surface area contributed by atoms with Crippen LogP contribution < -0.4 is 15.9 Å². The van der Waals surface area contributed by atoms with Gasteiger partial charge in [-0.15, -0.1) is 10.2 Å². The normalized spacial score (nSPS) is 10.8. The number of amidine groups is 1. The molecule has 9 nitrogen and oxygen atoms in total. The minimum Gasteiger partial charge on any atom is -0.492 e. The van der Waals surface area contributed by atoms with Gasteiger partial charge in [0.2, 0.25) is 5.71 Å². The van der Waals surface area contributed by atoms with Gasteiger partial charge in [0.1, 0.15) is 30.2 Å². The zero-order valence-electron chi connectivity index (χ0n) is 11.8. The summed E-state index contributed by atoms with van der Waals surface area (Å²) >= 11 is 0. The third kappa shape index (κ3) is 3.37. The highest BCUT2D eigenvalue weighted by molar-refractivity contribution is 6.45. The molecular formula is C13H14N8O. The molecule has 22 heavy (non-hydrogen) atoms. The van der Waals surface area contributed by atoms with E-state index >= 15 is 0 Å². The van der Waals surface area contributed by atoms with Crippen molar-refractivity contribution in [1.29, 1.82) is 10.7 Å². The number of rotatable bonds is 6. The number of hydrazone groups is 1. The lowest BCUT2D eigenvalue weighted by Gasteiger charge is -2.12. The number of hydrogen-bond acceptors (Lipinski definition) is 7. The van der Waals surface area contributed by atoms with Crippen LogP contribution in [0.5, 0.6) is 5.75 Å². The molecule has 0 spiro atoms. The first-order chi connectivity index (χ1) is 10.7. The van der Waals surface area contributed by atoms with Crippen LogP contribution in [0.2, 0.25) is 0 Å². The van der Waals surface area contributed by atoms with Crippen LogP contribution in [0.15, 0.2) is 36.0 Å². The molecule has 4 N–H and O–H groups in total. The Morgan fingerprint density at radius 2 is 2.23 bits per heavy atom. The number of nitrogens with one attached hydrogen (secondary N) is 2. The second kappa shape index (κ2) is 6.85. The number of hydrogen-bond donors (Lipinski definition) is 3. The molecular weight excluding hydrogens is 284 g/mol. The van der Waals surface area contributed by atoms with E-state index in [0.29, 0.717) is 18.0 Å². The van der Waals surface area contributed by atoms with Gasteiger partial charge in [-0.3, -0.25) is 15.4 Å². The first-order valence-electron chi connectivity index (χ1n) is 6.35. The van der Waals surface area contributed by atoms with Gasteiger partial charge in [-0.05, 0) is 25.1 Å². The summed E-state index contributed by atoms with van der Waals surface area (Å²) in [5.41, 5.74) is 9.05. The van der Waals surface area contributed by atoms with Crippen LogP contribution in [0, 0.1) is 16.7 Å². The van der Waals surface area contributed by atoms with Crippen molar-refractivity contribution in [3.05, 3.63) is 30.9 Å². The lowest BCUT2D eigenvalue weighted by molar-refractivity contribution is 0.341. The predicted molar refractivity (Wildman–Crippen MR) is 81.1 cm³/mol. The SMILES string of the molecule is CCOc1ccc(-n2cnnc2)cc1N/N=C(\C#N)C(=N)N. The third-order valence-electron chi connectivity index (χ3n) is 2.63. The van der Waals surface area contributed by atoms with E-state index < -0.39 is 5.84 Å². The molecule has 2 aromatic rings. The van der Waals surface area contributed by atoms with Gasteiger partial charge >= 0.3 is 0 Å². The van der Waals surface area contributed by atoms with E-state index in [-0.39, 0.29) is 5.71 Å². The van der Waals surface area contributed by atoms with Crippen molar-refractivity contribution >= 4 is 17.2 Å². The highest BCUT2D eigenvalue weighted by Crippen LogP contribution is 2.27.